The fraction of sp³-hybridized carbons (Fsp3) is 0.222. The van der Waals surface area contributed by atoms with Gasteiger partial charge in [-0.2, -0.15) is 0 Å². The molecular weight excluding hydrogens is 266 g/mol. The minimum absolute atomic E-state index is 0.0882. The number of amidine groups is 1. The highest BCUT2D eigenvalue weighted by molar-refractivity contribution is 7.92. The minimum Gasteiger partial charge on any atom is -0.409 e. The molecule has 0 unspecified atom stereocenters. The summed E-state index contributed by atoms with van der Waals surface area (Å²) in [6.45, 7) is 1.50. The number of anilines is 1. The van der Waals surface area contributed by atoms with E-state index >= 15 is 0 Å². The lowest BCUT2D eigenvalue weighted by molar-refractivity contribution is 0.318. The van der Waals surface area contributed by atoms with Gasteiger partial charge in [0.2, 0.25) is 10.0 Å². The average Bonchev–Trinajstić information content (AvgIpc) is 2.28. The van der Waals surface area contributed by atoms with Gasteiger partial charge in [-0.15, -0.1) is 0 Å². The normalized spacial score (nSPS) is 12.5. The molecule has 0 aliphatic heterocycles. The van der Waals surface area contributed by atoms with E-state index in [2.05, 4.69) is 9.88 Å². The number of nitrogens with zero attached hydrogens (tertiary/aromatic N) is 1. The van der Waals surface area contributed by atoms with Gasteiger partial charge in [-0.3, -0.25) is 4.72 Å². The van der Waals surface area contributed by atoms with Gasteiger partial charge < -0.3 is 10.9 Å². The van der Waals surface area contributed by atoms with E-state index in [0.29, 0.717) is 5.02 Å². The summed E-state index contributed by atoms with van der Waals surface area (Å²) in [6.07, 6.45) is 0. The number of nitrogens with one attached hydrogen (secondary N) is 1. The Labute approximate surface area is 104 Å². The molecule has 0 atom stereocenters. The van der Waals surface area contributed by atoms with Crippen LogP contribution in [0.15, 0.2) is 23.4 Å². The molecule has 1 rings (SSSR count). The minimum atomic E-state index is -3.45. The third-order valence-corrected chi connectivity index (χ3v) is 3.54. The number of sulfonamides is 1. The fourth-order valence-corrected chi connectivity index (χ4v) is 1.94. The molecule has 0 amide bonds. The average molecular weight is 278 g/mol. The van der Waals surface area contributed by atoms with Crippen molar-refractivity contribution in [3.8, 4) is 0 Å². The quantitative estimate of drug-likeness (QED) is 0.333. The van der Waals surface area contributed by atoms with E-state index in [1.165, 1.54) is 25.1 Å². The lowest BCUT2D eigenvalue weighted by Gasteiger charge is -2.11. The molecule has 17 heavy (non-hydrogen) atoms. The standard InChI is InChI=1S/C9H12ClN3O3S/c1-2-17(15,16)13-8-5-6(10)3-4-7(8)9(11)12-14/h3-5,13-14H,2H2,1H3,(H2,11,12). The van der Waals surface area contributed by atoms with Gasteiger partial charge in [0.05, 0.1) is 11.4 Å². The first-order valence-electron chi connectivity index (χ1n) is 4.67. The number of hydrogen-bond acceptors (Lipinski definition) is 4. The van der Waals surface area contributed by atoms with Crippen LogP contribution in [-0.4, -0.2) is 25.2 Å². The van der Waals surface area contributed by atoms with Crippen LogP contribution < -0.4 is 10.5 Å². The van der Waals surface area contributed by atoms with Crippen molar-refractivity contribution in [3.63, 3.8) is 0 Å². The van der Waals surface area contributed by atoms with Crippen LogP contribution in [0.3, 0.4) is 0 Å². The van der Waals surface area contributed by atoms with Crippen molar-refractivity contribution in [2.24, 2.45) is 10.9 Å². The van der Waals surface area contributed by atoms with Gasteiger partial charge in [-0.1, -0.05) is 16.8 Å². The smallest absolute Gasteiger partial charge is 0.232 e. The Bertz CT molecular complexity index is 542. The second-order valence-electron chi connectivity index (χ2n) is 3.18. The van der Waals surface area contributed by atoms with Crippen molar-refractivity contribution >= 4 is 33.1 Å². The van der Waals surface area contributed by atoms with Gasteiger partial charge >= 0.3 is 0 Å². The number of oxime groups is 1. The number of rotatable bonds is 4. The molecule has 0 radical (unpaired) electrons. The summed E-state index contributed by atoms with van der Waals surface area (Å²) in [7, 11) is -3.45. The Morgan fingerprint density at radius 3 is 2.76 bits per heavy atom. The molecule has 0 saturated carbocycles. The van der Waals surface area contributed by atoms with Crippen LogP contribution in [0.1, 0.15) is 12.5 Å². The zero-order chi connectivity index (χ0) is 13.1. The molecule has 94 valence electrons. The Morgan fingerprint density at radius 1 is 1.59 bits per heavy atom. The highest BCUT2D eigenvalue weighted by atomic mass is 35.5. The van der Waals surface area contributed by atoms with Crippen molar-refractivity contribution in [1.29, 1.82) is 0 Å². The van der Waals surface area contributed by atoms with Crippen LogP contribution >= 0.6 is 11.6 Å². The lowest BCUT2D eigenvalue weighted by Crippen LogP contribution is -2.20. The van der Waals surface area contributed by atoms with Gasteiger partial charge in [-0.05, 0) is 25.1 Å². The second kappa shape index (κ2) is 5.24. The van der Waals surface area contributed by atoms with E-state index in [9.17, 15) is 8.42 Å². The molecule has 0 saturated heterocycles. The highest BCUT2D eigenvalue weighted by Gasteiger charge is 2.13. The molecule has 0 fully saturated rings. The molecule has 1 aromatic rings. The molecule has 0 aliphatic rings. The Balaban J connectivity index is 3.26. The Hall–Kier alpha value is -1.47. The van der Waals surface area contributed by atoms with E-state index in [4.69, 9.17) is 22.5 Å². The third-order valence-electron chi connectivity index (χ3n) is 2.01. The maximum absolute atomic E-state index is 11.4. The molecule has 6 nitrogen and oxygen atoms in total. The van der Waals surface area contributed by atoms with E-state index in [1.807, 2.05) is 0 Å². The number of hydrogen-bond donors (Lipinski definition) is 3. The highest BCUT2D eigenvalue weighted by Crippen LogP contribution is 2.22. The van der Waals surface area contributed by atoms with Crippen molar-refractivity contribution in [2.45, 2.75) is 6.92 Å². The van der Waals surface area contributed by atoms with Crippen molar-refractivity contribution < 1.29 is 13.6 Å². The number of nitrogens with two attached hydrogens (primary N) is 1. The first-order chi connectivity index (χ1) is 7.89. The van der Waals surface area contributed by atoms with Gasteiger partial charge in [-0.25, -0.2) is 8.42 Å². The summed E-state index contributed by atoms with van der Waals surface area (Å²) < 4.78 is 25.2. The Morgan fingerprint density at radius 2 is 2.24 bits per heavy atom. The molecule has 1 aromatic carbocycles. The maximum atomic E-state index is 11.4. The molecule has 8 heteroatoms. The molecule has 0 heterocycles. The summed E-state index contributed by atoms with van der Waals surface area (Å²) in [5.41, 5.74) is 5.86. The van der Waals surface area contributed by atoms with Gasteiger partial charge in [0.25, 0.3) is 0 Å². The fourth-order valence-electron chi connectivity index (χ4n) is 1.12. The van der Waals surface area contributed by atoms with E-state index in [-0.39, 0.29) is 22.8 Å². The van der Waals surface area contributed by atoms with Gasteiger partial charge in [0, 0.05) is 10.6 Å². The molecule has 0 aromatic heterocycles. The topological polar surface area (TPSA) is 105 Å². The zero-order valence-corrected chi connectivity index (χ0v) is 10.6. The van der Waals surface area contributed by atoms with Crippen molar-refractivity contribution in [3.05, 3.63) is 28.8 Å². The van der Waals surface area contributed by atoms with Crippen LogP contribution in [-0.2, 0) is 10.0 Å². The van der Waals surface area contributed by atoms with Crippen LogP contribution in [0, 0.1) is 0 Å². The second-order valence-corrected chi connectivity index (χ2v) is 5.63. The monoisotopic (exact) mass is 277 g/mol. The molecule has 0 spiro atoms. The zero-order valence-electron chi connectivity index (χ0n) is 9.01. The summed E-state index contributed by atoms with van der Waals surface area (Å²) >= 11 is 5.76. The maximum Gasteiger partial charge on any atom is 0.232 e. The number of benzene rings is 1. The summed E-state index contributed by atoms with van der Waals surface area (Å²) in [5.74, 6) is -0.287. The van der Waals surface area contributed by atoms with Gasteiger partial charge in [0.15, 0.2) is 5.84 Å². The number of halogens is 1. The molecule has 0 bridgehead atoms. The largest absolute Gasteiger partial charge is 0.409 e. The lowest BCUT2D eigenvalue weighted by atomic mass is 10.1. The van der Waals surface area contributed by atoms with Gasteiger partial charge in [0.1, 0.15) is 0 Å². The van der Waals surface area contributed by atoms with Crippen LogP contribution in [0.25, 0.3) is 0 Å². The SMILES string of the molecule is CCS(=O)(=O)Nc1cc(Cl)ccc1C(N)=NO. The molecular formula is C9H12ClN3O3S. The van der Waals surface area contributed by atoms with Crippen molar-refractivity contribution in [1.82, 2.24) is 0 Å². The predicted molar refractivity (Wildman–Crippen MR) is 67.0 cm³/mol. The van der Waals surface area contributed by atoms with Crippen LogP contribution in [0.4, 0.5) is 5.69 Å². The predicted octanol–water partition coefficient (Wildman–Crippen LogP) is 1.20. The third kappa shape index (κ3) is 3.50. The van der Waals surface area contributed by atoms with E-state index < -0.39 is 10.0 Å². The summed E-state index contributed by atoms with van der Waals surface area (Å²) in [6, 6.07) is 4.37. The van der Waals surface area contributed by atoms with E-state index in [0.717, 1.165) is 0 Å². The first-order valence-corrected chi connectivity index (χ1v) is 6.70. The van der Waals surface area contributed by atoms with E-state index in [1.54, 1.807) is 0 Å². The van der Waals surface area contributed by atoms with Crippen molar-refractivity contribution in [2.75, 3.05) is 10.5 Å². The van der Waals surface area contributed by atoms with Crippen LogP contribution in [0.5, 0.6) is 0 Å². The summed E-state index contributed by atoms with van der Waals surface area (Å²) in [5, 5.41) is 11.8. The molecule has 4 N–H and O–H groups in total. The molecule has 0 aliphatic carbocycles. The Kier molecular flexibility index (Phi) is 4.19. The van der Waals surface area contributed by atoms with Crippen LogP contribution in [0.2, 0.25) is 5.02 Å². The summed E-state index contributed by atoms with van der Waals surface area (Å²) in [4.78, 5) is 0. The first kappa shape index (κ1) is 13.6.